The van der Waals surface area contributed by atoms with Crippen LogP contribution in [0.3, 0.4) is 0 Å². The van der Waals surface area contributed by atoms with Crippen LogP contribution in [0.5, 0.6) is 0 Å². The van der Waals surface area contributed by atoms with Crippen LogP contribution in [-0.2, 0) is 0 Å². The standard InChI is InChI=1S/C12H10O4S2/c1-7(13)9-3-11(15-5-9)17-18-12-4-10(6-16-12)8(2)14/h3-6H,1-2H3. The fourth-order valence-electron chi connectivity index (χ4n) is 1.17. The third kappa shape index (κ3) is 3.08. The van der Waals surface area contributed by atoms with Crippen LogP contribution >= 0.6 is 21.6 Å². The molecule has 2 rings (SSSR count). The summed E-state index contributed by atoms with van der Waals surface area (Å²) in [6.45, 7) is 2.97. The Morgan fingerprint density at radius 1 is 0.889 bits per heavy atom. The van der Waals surface area contributed by atoms with Crippen LogP contribution < -0.4 is 0 Å². The lowest BCUT2D eigenvalue weighted by atomic mass is 10.2. The molecule has 0 bridgehead atoms. The van der Waals surface area contributed by atoms with Gasteiger partial charge in [-0.1, -0.05) is 0 Å². The Bertz CT molecular complexity index is 530. The number of hydrogen-bond donors (Lipinski definition) is 0. The first-order valence-corrected chi connectivity index (χ1v) is 7.24. The van der Waals surface area contributed by atoms with Gasteiger partial charge in [-0.05, 0) is 35.4 Å². The van der Waals surface area contributed by atoms with Gasteiger partial charge in [0, 0.05) is 12.1 Å². The Morgan fingerprint density at radius 2 is 1.28 bits per heavy atom. The summed E-state index contributed by atoms with van der Waals surface area (Å²) < 4.78 is 10.4. The molecule has 0 aliphatic carbocycles. The predicted molar refractivity (Wildman–Crippen MR) is 69.1 cm³/mol. The van der Waals surface area contributed by atoms with Crippen molar-refractivity contribution >= 4 is 33.2 Å². The minimum atomic E-state index is -0.0348. The van der Waals surface area contributed by atoms with Crippen LogP contribution in [0.2, 0.25) is 0 Å². The molecule has 0 N–H and O–H groups in total. The first kappa shape index (κ1) is 13.0. The van der Waals surface area contributed by atoms with Crippen molar-refractivity contribution in [3.63, 3.8) is 0 Å². The topological polar surface area (TPSA) is 60.4 Å². The monoisotopic (exact) mass is 282 g/mol. The third-order valence-corrected chi connectivity index (χ3v) is 4.25. The molecule has 0 aliphatic rings. The zero-order chi connectivity index (χ0) is 13.1. The van der Waals surface area contributed by atoms with Crippen molar-refractivity contribution < 1.29 is 18.4 Å². The molecule has 0 atom stereocenters. The van der Waals surface area contributed by atoms with Crippen LogP contribution in [0, 0.1) is 0 Å². The van der Waals surface area contributed by atoms with Crippen molar-refractivity contribution in [2.24, 2.45) is 0 Å². The second-order valence-corrected chi connectivity index (χ2v) is 5.73. The Hall–Kier alpha value is -1.40. The fourth-order valence-corrected chi connectivity index (χ4v) is 2.88. The molecule has 0 saturated carbocycles. The normalized spacial score (nSPS) is 10.6. The summed E-state index contributed by atoms with van der Waals surface area (Å²) in [7, 11) is 2.66. The predicted octanol–water partition coefficient (Wildman–Crippen LogP) is 4.08. The Balaban J connectivity index is 1.97. The number of ketones is 2. The fraction of sp³-hybridized carbons (Fsp3) is 0.167. The van der Waals surface area contributed by atoms with Gasteiger partial charge in [-0.2, -0.15) is 0 Å². The van der Waals surface area contributed by atoms with Crippen LogP contribution in [0.15, 0.2) is 43.7 Å². The molecular formula is C12H10O4S2. The van der Waals surface area contributed by atoms with Gasteiger partial charge in [0.25, 0.3) is 0 Å². The van der Waals surface area contributed by atoms with Gasteiger partial charge >= 0.3 is 0 Å². The van der Waals surface area contributed by atoms with Gasteiger partial charge < -0.3 is 8.83 Å². The summed E-state index contributed by atoms with van der Waals surface area (Å²) in [6, 6.07) is 3.35. The van der Waals surface area contributed by atoms with E-state index in [0.29, 0.717) is 21.3 Å². The lowest BCUT2D eigenvalue weighted by Crippen LogP contribution is -1.85. The molecule has 2 heterocycles. The average Bonchev–Trinajstić information content (AvgIpc) is 2.95. The van der Waals surface area contributed by atoms with Gasteiger partial charge in [0.2, 0.25) is 0 Å². The second-order valence-electron chi connectivity index (χ2n) is 3.59. The molecule has 6 heteroatoms. The smallest absolute Gasteiger partial charge is 0.171 e. The third-order valence-electron chi connectivity index (χ3n) is 2.17. The molecule has 4 nitrogen and oxygen atoms in total. The van der Waals surface area contributed by atoms with E-state index in [4.69, 9.17) is 8.83 Å². The maximum atomic E-state index is 11.1. The lowest BCUT2D eigenvalue weighted by Gasteiger charge is -1.91. The van der Waals surface area contributed by atoms with Crippen molar-refractivity contribution in [3.8, 4) is 0 Å². The van der Waals surface area contributed by atoms with Crippen molar-refractivity contribution in [3.05, 3.63) is 35.8 Å². The molecule has 0 unspecified atom stereocenters. The van der Waals surface area contributed by atoms with E-state index >= 15 is 0 Å². The molecule has 94 valence electrons. The largest absolute Gasteiger partial charge is 0.456 e. The van der Waals surface area contributed by atoms with Crippen molar-refractivity contribution in [2.75, 3.05) is 0 Å². The maximum absolute atomic E-state index is 11.1. The van der Waals surface area contributed by atoms with Gasteiger partial charge in [0.1, 0.15) is 12.5 Å². The van der Waals surface area contributed by atoms with E-state index < -0.39 is 0 Å². The van der Waals surface area contributed by atoms with Crippen LogP contribution in [-0.4, -0.2) is 11.6 Å². The summed E-state index contributed by atoms with van der Waals surface area (Å²) in [5.74, 6) is -0.0695. The van der Waals surface area contributed by atoms with Gasteiger partial charge in [-0.25, -0.2) is 0 Å². The summed E-state index contributed by atoms with van der Waals surface area (Å²) in [5, 5.41) is 1.23. The molecule has 0 fully saturated rings. The molecule has 18 heavy (non-hydrogen) atoms. The lowest BCUT2D eigenvalue weighted by molar-refractivity contribution is 0.100. The molecule has 2 aromatic rings. The number of carbonyl (C=O) groups is 2. The molecule has 0 aromatic carbocycles. The van der Waals surface area contributed by atoms with Crippen molar-refractivity contribution in [1.29, 1.82) is 0 Å². The second kappa shape index (κ2) is 5.49. The number of rotatable bonds is 5. The highest BCUT2D eigenvalue weighted by Gasteiger charge is 2.10. The highest BCUT2D eigenvalue weighted by Crippen LogP contribution is 2.38. The number of carbonyl (C=O) groups excluding carboxylic acids is 2. The van der Waals surface area contributed by atoms with Gasteiger partial charge in [0.15, 0.2) is 21.8 Å². The zero-order valence-corrected chi connectivity index (χ0v) is 11.4. The first-order chi connectivity index (χ1) is 8.56. The maximum Gasteiger partial charge on any atom is 0.171 e. The van der Waals surface area contributed by atoms with Crippen molar-refractivity contribution in [1.82, 2.24) is 0 Å². The molecule has 0 saturated heterocycles. The highest BCUT2D eigenvalue weighted by atomic mass is 33.1. The van der Waals surface area contributed by atoms with E-state index in [1.165, 1.54) is 48.0 Å². The van der Waals surface area contributed by atoms with E-state index in [1.807, 2.05) is 0 Å². The number of Topliss-reactive ketones (excluding diaryl/α,β-unsaturated/α-hetero) is 2. The number of hydrogen-bond acceptors (Lipinski definition) is 6. The van der Waals surface area contributed by atoms with E-state index in [0.717, 1.165) is 0 Å². The zero-order valence-electron chi connectivity index (χ0n) is 9.76. The first-order valence-electron chi connectivity index (χ1n) is 5.09. The van der Waals surface area contributed by atoms with Crippen LogP contribution in [0.25, 0.3) is 0 Å². The molecular weight excluding hydrogens is 272 g/mol. The van der Waals surface area contributed by atoms with Gasteiger partial charge in [-0.15, -0.1) is 0 Å². The Morgan fingerprint density at radius 3 is 1.56 bits per heavy atom. The van der Waals surface area contributed by atoms with Crippen molar-refractivity contribution in [2.45, 2.75) is 24.0 Å². The van der Waals surface area contributed by atoms with Gasteiger partial charge in [-0.3, -0.25) is 9.59 Å². The quantitative estimate of drug-likeness (QED) is 0.608. The molecule has 2 aromatic heterocycles. The molecule has 0 amide bonds. The Kier molecular flexibility index (Phi) is 3.98. The average molecular weight is 282 g/mol. The molecule has 0 aliphatic heterocycles. The van der Waals surface area contributed by atoms with Gasteiger partial charge in [0.05, 0.1) is 11.1 Å². The summed E-state index contributed by atoms with van der Waals surface area (Å²) in [5.41, 5.74) is 1.09. The molecule has 0 spiro atoms. The van der Waals surface area contributed by atoms with Crippen LogP contribution in [0.4, 0.5) is 0 Å². The van der Waals surface area contributed by atoms with E-state index in [2.05, 4.69) is 0 Å². The van der Waals surface area contributed by atoms with Crippen LogP contribution in [0.1, 0.15) is 34.6 Å². The van der Waals surface area contributed by atoms with E-state index in [9.17, 15) is 9.59 Å². The highest BCUT2D eigenvalue weighted by molar-refractivity contribution is 8.76. The number of furan rings is 2. The summed E-state index contributed by atoms with van der Waals surface area (Å²) in [4.78, 5) is 22.2. The Labute approximate surface area is 112 Å². The van der Waals surface area contributed by atoms with E-state index in [1.54, 1.807) is 12.1 Å². The minimum Gasteiger partial charge on any atom is -0.456 e. The summed E-state index contributed by atoms with van der Waals surface area (Å²) >= 11 is 0. The SMILES string of the molecule is CC(=O)c1coc(SSc2cc(C(C)=O)co2)c1. The molecule has 0 radical (unpaired) electrons. The minimum absolute atomic E-state index is 0.0348. The van der Waals surface area contributed by atoms with E-state index in [-0.39, 0.29) is 11.6 Å². The summed E-state index contributed by atoms with van der Waals surface area (Å²) in [6.07, 6.45) is 2.85.